The highest BCUT2D eigenvalue weighted by molar-refractivity contribution is 5.94. The molecule has 0 aliphatic rings. The zero-order chi connectivity index (χ0) is 14.8. The molecule has 2 aromatic carbocycles. The molecule has 21 heavy (non-hydrogen) atoms. The predicted octanol–water partition coefficient (Wildman–Crippen LogP) is 2.93. The van der Waals surface area contributed by atoms with E-state index < -0.39 is 0 Å². The van der Waals surface area contributed by atoms with Crippen LogP contribution in [0.4, 0.5) is 11.8 Å². The first-order chi connectivity index (χ1) is 10.1. The highest BCUT2D eigenvalue weighted by Crippen LogP contribution is 2.32. The summed E-state index contributed by atoms with van der Waals surface area (Å²) in [4.78, 5) is 8.19. The van der Waals surface area contributed by atoms with Crippen molar-refractivity contribution >= 4 is 22.7 Å². The summed E-state index contributed by atoms with van der Waals surface area (Å²) in [6, 6.07) is 15.5. The van der Waals surface area contributed by atoms with E-state index in [1.165, 1.54) is 0 Å². The molecule has 0 amide bonds. The number of nitrogens with two attached hydrogens (primary N) is 2. The normalized spacial score (nSPS) is 12.2. The summed E-state index contributed by atoms with van der Waals surface area (Å²) in [5.41, 5.74) is 13.4. The van der Waals surface area contributed by atoms with Gasteiger partial charge in [-0.15, -0.1) is 0 Å². The third kappa shape index (κ3) is 2.58. The molecular formula is C16H16N4O. The minimum Gasteiger partial charge on any atom is -0.485 e. The largest absolute Gasteiger partial charge is 0.485 e. The summed E-state index contributed by atoms with van der Waals surface area (Å²) in [6.45, 7) is 1.99. The van der Waals surface area contributed by atoms with Crippen LogP contribution in [0.1, 0.15) is 18.6 Å². The van der Waals surface area contributed by atoms with Crippen molar-refractivity contribution in [3.05, 3.63) is 54.1 Å². The minimum absolute atomic E-state index is 0.103. The van der Waals surface area contributed by atoms with Crippen molar-refractivity contribution in [3.8, 4) is 5.75 Å². The topological polar surface area (TPSA) is 87.0 Å². The number of hydrogen-bond donors (Lipinski definition) is 2. The van der Waals surface area contributed by atoms with Crippen LogP contribution in [-0.4, -0.2) is 9.97 Å². The monoisotopic (exact) mass is 280 g/mol. The Labute approximate surface area is 122 Å². The molecule has 0 saturated carbocycles. The average molecular weight is 280 g/mol. The highest BCUT2D eigenvalue weighted by Gasteiger charge is 2.13. The molecule has 0 fully saturated rings. The van der Waals surface area contributed by atoms with Crippen molar-refractivity contribution in [3.63, 3.8) is 0 Å². The molecule has 106 valence electrons. The van der Waals surface area contributed by atoms with Crippen LogP contribution in [0.2, 0.25) is 0 Å². The van der Waals surface area contributed by atoms with Gasteiger partial charge in [-0.25, -0.2) is 4.98 Å². The summed E-state index contributed by atoms with van der Waals surface area (Å²) in [7, 11) is 0. The number of aromatic nitrogens is 2. The fourth-order valence-electron chi connectivity index (χ4n) is 2.28. The summed E-state index contributed by atoms with van der Waals surface area (Å²) in [5, 5.41) is 0.689. The first-order valence-corrected chi connectivity index (χ1v) is 6.68. The average Bonchev–Trinajstić information content (AvgIpc) is 2.47. The molecule has 0 bridgehead atoms. The molecule has 0 unspecified atom stereocenters. The van der Waals surface area contributed by atoms with Crippen LogP contribution < -0.4 is 16.2 Å². The van der Waals surface area contributed by atoms with Crippen LogP contribution in [0.5, 0.6) is 5.75 Å². The Morgan fingerprint density at radius 2 is 1.71 bits per heavy atom. The number of benzene rings is 2. The van der Waals surface area contributed by atoms with E-state index in [9.17, 15) is 0 Å². The van der Waals surface area contributed by atoms with Gasteiger partial charge in [0.25, 0.3) is 0 Å². The summed E-state index contributed by atoms with van der Waals surface area (Å²) in [5.74, 6) is 1.14. The Kier molecular flexibility index (Phi) is 3.31. The lowest BCUT2D eigenvalue weighted by Crippen LogP contribution is -2.06. The third-order valence-electron chi connectivity index (χ3n) is 3.30. The van der Waals surface area contributed by atoms with Gasteiger partial charge in [0.2, 0.25) is 5.95 Å². The van der Waals surface area contributed by atoms with Crippen LogP contribution in [0.15, 0.2) is 48.5 Å². The molecule has 0 aliphatic heterocycles. The van der Waals surface area contributed by atoms with Crippen LogP contribution in [0.25, 0.3) is 10.9 Å². The van der Waals surface area contributed by atoms with Crippen molar-refractivity contribution in [2.75, 3.05) is 11.5 Å². The SMILES string of the molecule is C[C@H](Oc1cccc2nc(N)nc(N)c12)c1ccccc1. The van der Waals surface area contributed by atoms with E-state index in [1.807, 2.05) is 55.5 Å². The molecular weight excluding hydrogens is 264 g/mol. The minimum atomic E-state index is -0.103. The standard InChI is InChI=1S/C16H16N4O/c1-10(11-6-3-2-4-7-11)21-13-9-5-8-12-14(13)15(17)20-16(18)19-12/h2-10H,1H3,(H4,17,18,19,20)/t10-/m0/s1. The Morgan fingerprint density at radius 1 is 0.952 bits per heavy atom. The van der Waals surface area contributed by atoms with Gasteiger partial charge < -0.3 is 16.2 Å². The van der Waals surface area contributed by atoms with Gasteiger partial charge in [0.15, 0.2) is 0 Å². The summed E-state index contributed by atoms with van der Waals surface area (Å²) < 4.78 is 6.03. The van der Waals surface area contributed by atoms with E-state index in [-0.39, 0.29) is 12.1 Å². The zero-order valence-corrected chi connectivity index (χ0v) is 11.7. The molecule has 1 atom stereocenters. The van der Waals surface area contributed by atoms with Crippen molar-refractivity contribution in [1.82, 2.24) is 9.97 Å². The van der Waals surface area contributed by atoms with Gasteiger partial charge >= 0.3 is 0 Å². The zero-order valence-electron chi connectivity index (χ0n) is 11.7. The lowest BCUT2D eigenvalue weighted by molar-refractivity contribution is 0.230. The van der Waals surface area contributed by atoms with Crippen molar-refractivity contribution in [1.29, 1.82) is 0 Å². The summed E-state index contributed by atoms with van der Waals surface area (Å²) in [6.07, 6.45) is -0.103. The first kappa shape index (κ1) is 13.2. The number of hydrogen-bond acceptors (Lipinski definition) is 5. The lowest BCUT2D eigenvalue weighted by atomic mass is 10.1. The predicted molar refractivity (Wildman–Crippen MR) is 83.8 cm³/mol. The van der Waals surface area contributed by atoms with Gasteiger partial charge in [0.05, 0.1) is 10.9 Å². The molecule has 5 heteroatoms. The van der Waals surface area contributed by atoms with Crippen molar-refractivity contribution in [2.24, 2.45) is 0 Å². The molecule has 1 heterocycles. The van der Waals surface area contributed by atoms with Gasteiger partial charge in [-0.1, -0.05) is 36.4 Å². The van der Waals surface area contributed by atoms with E-state index >= 15 is 0 Å². The van der Waals surface area contributed by atoms with E-state index in [0.717, 1.165) is 5.56 Å². The van der Waals surface area contributed by atoms with Crippen LogP contribution >= 0.6 is 0 Å². The smallest absolute Gasteiger partial charge is 0.222 e. The Bertz CT molecular complexity index is 774. The maximum absolute atomic E-state index is 6.03. The maximum atomic E-state index is 6.03. The number of nitrogens with zero attached hydrogens (tertiary/aromatic N) is 2. The molecule has 3 aromatic rings. The molecule has 3 rings (SSSR count). The van der Waals surface area contributed by atoms with Crippen molar-refractivity contribution < 1.29 is 4.74 Å². The van der Waals surface area contributed by atoms with Crippen LogP contribution in [0, 0.1) is 0 Å². The summed E-state index contributed by atoms with van der Waals surface area (Å²) >= 11 is 0. The molecule has 1 aromatic heterocycles. The second-order valence-corrected chi connectivity index (χ2v) is 4.79. The van der Waals surface area contributed by atoms with Gasteiger partial charge in [0, 0.05) is 0 Å². The third-order valence-corrected chi connectivity index (χ3v) is 3.30. The molecule has 5 nitrogen and oxygen atoms in total. The lowest BCUT2D eigenvalue weighted by Gasteiger charge is -2.17. The second kappa shape index (κ2) is 5.28. The Morgan fingerprint density at radius 3 is 2.48 bits per heavy atom. The van der Waals surface area contributed by atoms with E-state index in [2.05, 4.69) is 9.97 Å². The number of fused-ring (bicyclic) bond motifs is 1. The molecule has 0 radical (unpaired) electrons. The number of nitrogen functional groups attached to an aromatic ring is 2. The molecule has 4 N–H and O–H groups in total. The Balaban J connectivity index is 2.01. The van der Waals surface area contributed by atoms with E-state index in [0.29, 0.717) is 22.5 Å². The fraction of sp³-hybridized carbons (Fsp3) is 0.125. The molecule has 0 spiro atoms. The second-order valence-electron chi connectivity index (χ2n) is 4.79. The maximum Gasteiger partial charge on any atom is 0.222 e. The van der Waals surface area contributed by atoms with Gasteiger partial charge in [-0.2, -0.15) is 4.98 Å². The quantitative estimate of drug-likeness (QED) is 0.770. The van der Waals surface area contributed by atoms with Gasteiger partial charge in [-0.05, 0) is 24.6 Å². The fourth-order valence-corrected chi connectivity index (χ4v) is 2.28. The van der Waals surface area contributed by atoms with Gasteiger partial charge in [0.1, 0.15) is 17.7 Å². The Hall–Kier alpha value is -2.82. The van der Waals surface area contributed by atoms with Crippen LogP contribution in [0.3, 0.4) is 0 Å². The van der Waals surface area contributed by atoms with Crippen molar-refractivity contribution in [2.45, 2.75) is 13.0 Å². The van der Waals surface area contributed by atoms with E-state index in [1.54, 1.807) is 0 Å². The van der Waals surface area contributed by atoms with E-state index in [4.69, 9.17) is 16.2 Å². The highest BCUT2D eigenvalue weighted by atomic mass is 16.5. The number of rotatable bonds is 3. The van der Waals surface area contributed by atoms with Crippen LogP contribution in [-0.2, 0) is 0 Å². The van der Waals surface area contributed by atoms with Gasteiger partial charge in [-0.3, -0.25) is 0 Å². The molecule has 0 saturated heterocycles. The number of anilines is 2. The number of ether oxygens (including phenoxy) is 1. The molecule has 0 aliphatic carbocycles. The first-order valence-electron chi connectivity index (χ1n) is 6.68.